The molecule has 1 atom stereocenters. The lowest BCUT2D eigenvalue weighted by atomic mass is 9.90. The first-order valence-corrected chi connectivity index (χ1v) is 8.13. The monoisotopic (exact) mass is 285 g/mol. The third-order valence-corrected chi connectivity index (χ3v) is 4.12. The number of aromatic nitrogens is 2. The molecule has 0 saturated carbocycles. The number of nitrogens with zero attached hydrogens (tertiary/aromatic N) is 2. The van der Waals surface area contributed by atoms with Gasteiger partial charge in [-0.1, -0.05) is 51.8 Å². The van der Waals surface area contributed by atoms with E-state index in [4.69, 9.17) is 0 Å². The van der Waals surface area contributed by atoms with Crippen molar-refractivity contribution < 1.29 is 0 Å². The van der Waals surface area contributed by atoms with Crippen LogP contribution in [0.2, 0.25) is 0 Å². The lowest BCUT2D eigenvalue weighted by Gasteiger charge is -2.25. The molecule has 0 saturated heterocycles. The van der Waals surface area contributed by atoms with Crippen molar-refractivity contribution in [3.05, 3.63) is 48.3 Å². The Balaban J connectivity index is 2.22. The van der Waals surface area contributed by atoms with Crippen molar-refractivity contribution in [3.8, 4) is 5.69 Å². The van der Waals surface area contributed by atoms with Gasteiger partial charge in [-0.05, 0) is 31.0 Å². The van der Waals surface area contributed by atoms with E-state index in [9.17, 15) is 0 Å². The van der Waals surface area contributed by atoms with E-state index in [1.807, 2.05) is 29.1 Å². The molecule has 0 aliphatic carbocycles. The van der Waals surface area contributed by atoms with Gasteiger partial charge < -0.3 is 5.32 Å². The summed E-state index contributed by atoms with van der Waals surface area (Å²) in [6.07, 6.45) is 7.71. The molecule has 0 fully saturated rings. The third-order valence-electron chi connectivity index (χ3n) is 4.12. The van der Waals surface area contributed by atoms with Crippen LogP contribution in [0.4, 0.5) is 0 Å². The molecule has 0 radical (unpaired) electrons. The van der Waals surface area contributed by atoms with Gasteiger partial charge in [0.25, 0.3) is 0 Å². The van der Waals surface area contributed by atoms with Crippen molar-refractivity contribution in [1.82, 2.24) is 15.1 Å². The standard InChI is InChI=1S/C18H27N3/c1-4-12-19-18(15(5-2)6-3)16-13-20-21(14-16)17-10-8-7-9-11-17/h7-11,13-15,18-19H,4-6,12H2,1-3H3. The van der Waals surface area contributed by atoms with Crippen molar-refractivity contribution in [2.24, 2.45) is 5.92 Å². The molecule has 1 aromatic carbocycles. The fourth-order valence-corrected chi connectivity index (χ4v) is 2.84. The number of benzene rings is 1. The molecule has 1 aromatic heterocycles. The Kier molecular flexibility index (Phi) is 6.00. The van der Waals surface area contributed by atoms with Crippen LogP contribution in [0.15, 0.2) is 42.7 Å². The maximum absolute atomic E-state index is 4.54. The van der Waals surface area contributed by atoms with Gasteiger partial charge in [0, 0.05) is 17.8 Å². The van der Waals surface area contributed by atoms with Gasteiger partial charge in [0.15, 0.2) is 0 Å². The number of hydrogen-bond acceptors (Lipinski definition) is 2. The highest BCUT2D eigenvalue weighted by Gasteiger charge is 2.21. The Morgan fingerprint density at radius 3 is 2.43 bits per heavy atom. The van der Waals surface area contributed by atoms with E-state index in [2.05, 4.69) is 49.5 Å². The lowest BCUT2D eigenvalue weighted by molar-refractivity contribution is 0.341. The van der Waals surface area contributed by atoms with Gasteiger partial charge in [-0.3, -0.25) is 0 Å². The van der Waals surface area contributed by atoms with E-state index in [-0.39, 0.29) is 0 Å². The number of para-hydroxylation sites is 1. The Morgan fingerprint density at radius 2 is 1.81 bits per heavy atom. The van der Waals surface area contributed by atoms with Crippen LogP contribution in [0.1, 0.15) is 51.6 Å². The summed E-state index contributed by atoms with van der Waals surface area (Å²) < 4.78 is 1.97. The summed E-state index contributed by atoms with van der Waals surface area (Å²) in [7, 11) is 0. The third kappa shape index (κ3) is 3.94. The van der Waals surface area contributed by atoms with Crippen LogP contribution in [0, 0.1) is 5.92 Å². The van der Waals surface area contributed by atoms with Crippen molar-refractivity contribution >= 4 is 0 Å². The van der Waals surface area contributed by atoms with Crippen molar-refractivity contribution in [2.75, 3.05) is 6.54 Å². The molecular formula is C18H27N3. The van der Waals surface area contributed by atoms with Crippen LogP contribution in [-0.4, -0.2) is 16.3 Å². The highest BCUT2D eigenvalue weighted by Crippen LogP contribution is 2.27. The Hall–Kier alpha value is -1.61. The number of hydrogen-bond donors (Lipinski definition) is 1. The second-order valence-corrected chi connectivity index (χ2v) is 5.56. The minimum absolute atomic E-state index is 0.400. The predicted molar refractivity (Wildman–Crippen MR) is 88.7 cm³/mol. The molecule has 0 aliphatic heterocycles. The predicted octanol–water partition coefficient (Wildman–Crippen LogP) is 4.35. The van der Waals surface area contributed by atoms with E-state index in [0.29, 0.717) is 12.0 Å². The fourth-order valence-electron chi connectivity index (χ4n) is 2.84. The molecule has 3 heteroatoms. The normalized spacial score (nSPS) is 12.8. The largest absolute Gasteiger partial charge is 0.310 e. The molecule has 2 aromatic rings. The van der Waals surface area contributed by atoms with E-state index in [0.717, 1.165) is 18.7 Å². The quantitative estimate of drug-likeness (QED) is 0.781. The minimum atomic E-state index is 0.400. The highest BCUT2D eigenvalue weighted by molar-refractivity contribution is 5.31. The van der Waals surface area contributed by atoms with Crippen molar-refractivity contribution in [3.63, 3.8) is 0 Å². The molecule has 1 unspecified atom stereocenters. The molecule has 0 spiro atoms. The summed E-state index contributed by atoms with van der Waals surface area (Å²) in [6.45, 7) is 7.81. The van der Waals surface area contributed by atoms with Gasteiger partial charge in [0.2, 0.25) is 0 Å². The smallest absolute Gasteiger partial charge is 0.0645 e. The second kappa shape index (κ2) is 7.99. The minimum Gasteiger partial charge on any atom is -0.310 e. The zero-order valence-corrected chi connectivity index (χ0v) is 13.4. The van der Waals surface area contributed by atoms with Crippen LogP contribution in [-0.2, 0) is 0 Å². The van der Waals surface area contributed by atoms with Gasteiger partial charge in [-0.15, -0.1) is 0 Å². The average molecular weight is 285 g/mol. The van der Waals surface area contributed by atoms with Crippen LogP contribution in [0.25, 0.3) is 5.69 Å². The fraction of sp³-hybridized carbons (Fsp3) is 0.500. The first kappa shape index (κ1) is 15.8. The second-order valence-electron chi connectivity index (χ2n) is 5.56. The van der Waals surface area contributed by atoms with E-state index >= 15 is 0 Å². The average Bonchev–Trinajstić information content (AvgIpc) is 3.02. The molecule has 21 heavy (non-hydrogen) atoms. The summed E-state index contributed by atoms with van der Waals surface area (Å²) in [5, 5.41) is 8.24. The Bertz CT molecular complexity index is 514. The van der Waals surface area contributed by atoms with Crippen LogP contribution in [0.3, 0.4) is 0 Å². The van der Waals surface area contributed by atoms with Gasteiger partial charge >= 0.3 is 0 Å². The molecule has 2 rings (SSSR count). The first-order valence-electron chi connectivity index (χ1n) is 8.13. The topological polar surface area (TPSA) is 29.9 Å². The lowest BCUT2D eigenvalue weighted by Crippen LogP contribution is -2.28. The van der Waals surface area contributed by atoms with Crippen LogP contribution < -0.4 is 5.32 Å². The maximum atomic E-state index is 4.54. The Labute approximate surface area is 128 Å². The Morgan fingerprint density at radius 1 is 1.10 bits per heavy atom. The first-order chi connectivity index (χ1) is 10.3. The van der Waals surface area contributed by atoms with Gasteiger partial charge in [-0.25, -0.2) is 4.68 Å². The van der Waals surface area contributed by atoms with Crippen LogP contribution >= 0.6 is 0 Å². The van der Waals surface area contributed by atoms with Gasteiger partial charge in [0.1, 0.15) is 0 Å². The summed E-state index contributed by atoms with van der Waals surface area (Å²) in [5.74, 6) is 0.657. The summed E-state index contributed by atoms with van der Waals surface area (Å²) in [4.78, 5) is 0. The van der Waals surface area contributed by atoms with E-state index < -0.39 is 0 Å². The molecule has 0 bridgehead atoms. The molecule has 114 valence electrons. The zero-order chi connectivity index (χ0) is 15.1. The highest BCUT2D eigenvalue weighted by atomic mass is 15.3. The molecule has 1 heterocycles. The van der Waals surface area contributed by atoms with Crippen molar-refractivity contribution in [1.29, 1.82) is 0 Å². The number of nitrogens with one attached hydrogen (secondary N) is 1. The summed E-state index contributed by atoms with van der Waals surface area (Å²) >= 11 is 0. The van der Waals surface area contributed by atoms with Gasteiger partial charge in [0.05, 0.1) is 11.9 Å². The molecular weight excluding hydrogens is 258 g/mol. The van der Waals surface area contributed by atoms with E-state index in [1.165, 1.54) is 18.4 Å². The maximum Gasteiger partial charge on any atom is 0.0645 e. The molecule has 0 aliphatic rings. The van der Waals surface area contributed by atoms with Crippen LogP contribution in [0.5, 0.6) is 0 Å². The SMILES string of the molecule is CCCNC(c1cnn(-c2ccccc2)c1)C(CC)CC. The zero-order valence-electron chi connectivity index (χ0n) is 13.4. The van der Waals surface area contributed by atoms with Gasteiger partial charge in [-0.2, -0.15) is 5.10 Å². The van der Waals surface area contributed by atoms with Crippen molar-refractivity contribution in [2.45, 2.75) is 46.1 Å². The molecule has 1 N–H and O–H groups in total. The summed E-state index contributed by atoms with van der Waals surface area (Å²) in [6, 6.07) is 10.7. The molecule has 3 nitrogen and oxygen atoms in total. The van der Waals surface area contributed by atoms with E-state index in [1.54, 1.807) is 0 Å². The number of rotatable bonds is 8. The summed E-state index contributed by atoms with van der Waals surface area (Å²) in [5.41, 5.74) is 2.41. The molecule has 0 amide bonds.